The van der Waals surface area contributed by atoms with Crippen molar-refractivity contribution >= 4 is 34.8 Å². The number of nitrogen functional groups attached to an aromatic ring is 1. The summed E-state index contributed by atoms with van der Waals surface area (Å²) in [4.78, 5) is 11.9. The van der Waals surface area contributed by atoms with Crippen LogP contribution in [0.25, 0.3) is 0 Å². The van der Waals surface area contributed by atoms with Crippen LogP contribution in [-0.2, 0) is 6.54 Å². The second-order valence-electron chi connectivity index (χ2n) is 4.01. The first-order valence-electron chi connectivity index (χ1n) is 5.64. The van der Waals surface area contributed by atoms with E-state index in [2.05, 4.69) is 5.32 Å². The smallest absolute Gasteiger partial charge is 0.251 e. The molecule has 0 spiro atoms. The van der Waals surface area contributed by atoms with Crippen LogP contribution in [-0.4, -0.2) is 5.91 Å². The molecule has 0 heterocycles. The fourth-order valence-electron chi connectivity index (χ4n) is 1.59. The molecule has 1 amide bonds. The van der Waals surface area contributed by atoms with Crippen molar-refractivity contribution in [2.45, 2.75) is 6.54 Å². The lowest BCUT2D eigenvalue weighted by Crippen LogP contribution is -2.22. The molecular weight excluding hydrogens is 283 g/mol. The standard InChI is InChI=1S/C14H12Cl2N2O/c15-11-4-2-1-3-10(11)8-18-14(19)9-5-6-13(17)12(16)7-9/h1-7H,8,17H2,(H,18,19). The van der Waals surface area contributed by atoms with Crippen molar-refractivity contribution in [3.05, 3.63) is 63.6 Å². The summed E-state index contributed by atoms with van der Waals surface area (Å²) in [6.45, 7) is 0.362. The van der Waals surface area contributed by atoms with Crippen LogP contribution in [0.1, 0.15) is 15.9 Å². The van der Waals surface area contributed by atoms with E-state index >= 15 is 0 Å². The highest BCUT2D eigenvalue weighted by Gasteiger charge is 2.08. The quantitative estimate of drug-likeness (QED) is 0.851. The molecule has 3 nitrogen and oxygen atoms in total. The van der Waals surface area contributed by atoms with Gasteiger partial charge < -0.3 is 11.1 Å². The molecule has 3 N–H and O–H groups in total. The van der Waals surface area contributed by atoms with Gasteiger partial charge in [-0.3, -0.25) is 4.79 Å². The third-order valence-electron chi connectivity index (χ3n) is 2.66. The second kappa shape index (κ2) is 5.95. The fourth-order valence-corrected chi connectivity index (χ4v) is 1.97. The van der Waals surface area contributed by atoms with Crippen LogP contribution in [0.15, 0.2) is 42.5 Å². The molecule has 0 bridgehead atoms. The third-order valence-corrected chi connectivity index (χ3v) is 3.36. The van der Waals surface area contributed by atoms with Gasteiger partial charge in [0.1, 0.15) is 0 Å². The van der Waals surface area contributed by atoms with Crippen molar-refractivity contribution in [1.29, 1.82) is 0 Å². The summed E-state index contributed by atoms with van der Waals surface area (Å²) in [7, 11) is 0. The van der Waals surface area contributed by atoms with Gasteiger partial charge in [-0.05, 0) is 29.8 Å². The maximum atomic E-state index is 11.9. The average molecular weight is 295 g/mol. The van der Waals surface area contributed by atoms with E-state index < -0.39 is 0 Å². The summed E-state index contributed by atoms with van der Waals surface area (Å²) >= 11 is 11.9. The highest BCUT2D eigenvalue weighted by atomic mass is 35.5. The molecule has 0 aliphatic carbocycles. The molecule has 0 aliphatic heterocycles. The number of nitrogens with one attached hydrogen (secondary N) is 1. The lowest BCUT2D eigenvalue weighted by atomic mass is 10.2. The normalized spacial score (nSPS) is 10.2. The Morgan fingerprint density at radius 1 is 1.11 bits per heavy atom. The van der Waals surface area contributed by atoms with Gasteiger partial charge in [0.25, 0.3) is 5.91 Å². The van der Waals surface area contributed by atoms with Crippen molar-refractivity contribution in [2.75, 3.05) is 5.73 Å². The minimum absolute atomic E-state index is 0.221. The Hall–Kier alpha value is -1.71. The number of hydrogen-bond donors (Lipinski definition) is 2. The molecule has 0 aliphatic rings. The molecule has 2 rings (SSSR count). The van der Waals surface area contributed by atoms with Crippen molar-refractivity contribution in [1.82, 2.24) is 5.32 Å². The number of amides is 1. The Labute approximate surface area is 121 Å². The van der Waals surface area contributed by atoms with Gasteiger partial charge in [0.15, 0.2) is 0 Å². The summed E-state index contributed by atoms with van der Waals surface area (Å²) < 4.78 is 0. The van der Waals surface area contributed by atoms with Crippen LogP contribution in [0.2, 0.25) is 10.0 Å². The molecule has 2 aromatic carbocycles. The Bertz CT molecular complexity index is 614. The molecule has 5 heteroatoms. The Kier molecular flexibility index (Phi) is 4.30. The van der Waals surface area contributed by atoms with E-state index in [1.165, 1.54) is 0 Å². The topological polar surface area (TPSA) is 55.1 Å². The van der Waals surface area contributed by atoms with Crippen LogP contribution in [0.4, 0.5) is 5.69 Å². The summed E-state index contributed by atoms with van der Waals surface area (Å²) in [5, 5.41) is 3.77. The number of anilines is 1. The zero-order chi connectivity index (χ0) is 13.8. The summed E-state index contributed by atoms with van der Waals surface area (Å²) in [6.07, 6.45) is 0. The van der Waals surface area contributed by atoms with Crippen LogP contribution in [0, 0.1) is 0 Å². The number of carbonyl (C=O) groups excluding carboxylic acids is 1. The largest absolute Gasteiger partial charge is 0.398 e. The molecule has 0 saturated carbocycles. The third kappa shape index (κ3) is 3.40. The molecule has 0 atom stereocenters. The number of nitrogens with two attached hydrogens (primary N) is 1. The van der Waals surface area contributed by atoms with Gasteiger partial charge in [-0.15, -0.1) is 0 Å². The molecular formula is C14H12Cl2N2O. The van der Waals surface area contributed by atoms with Crippen molar-refractivity contribution in [3.8, 4) is 0 Å². The van der Waals surface area contributed by atoms with E-state index in [0.717, 1.165) is 5.56 Å². The first-order valence-corrected chi connectivity index (χ1v) is 6.40. The highest BCUT2D eigenvalue weighted by molar-refractivity contribution is 6.33. The molecule has 0 fully saturated rings. The molecule has 19 heavy (non-hydrogen) atoms. The van der Waals surface area contributed by atoms with Gasteiger partial charge in [0, 0.05) is 17.1 Å². The molecule has 0 unspecified atom stereocenters. The molecule has 0 radical (unpaired) electrons. The number of carbonyl (C=O) groups is 1. The minimum Gasteiger partial charge on any atom is -0.398 e. The van der Waals surface area contributed by atoms with Crippen LogP contribution >= 0.6 is 23.2 Å². The lowest BCUT2D eigenvalue weighted by molar-refractivity contribution is 0.0951. The van der Waals surface area contributed by atoms with Crippen LogP contribution < -0.4 is 11.1 Å². The van der Waals surface area contributed by atoms with Gasteiger partial charge in [0.05, 0.1) is 10.7 Å². The number of benzene rings is 2. The van der Waals surface area contributed by atoms with E-state index in [0.29, 0.717) is 27.8 Å². The number of halogens is 2. The van der Waals surface area contributed by atoms with Crippen molar-refractivity contribution < 1.29 is 4.79 Å². The minimum atomic E-state index is -0.221. The van der Waals surface area contributed by atoms with Gasteiger partial charge in [-0.2, -0.15) is 0 Å². The molecule has 0 saturated heterocycles. The predicted octanol–water partition coefficient (Wildman–Crippen LogP) is 3.51. The van der Waals surface area contributed by atoms with E-state index in [9.17, 15) is 4.79 Å². The van der Waals surface area contributed by atoms with Gasteiger partial charge >= 0.3 is 0 Å². The summed E-state index contributed by atoms with van der Waals surface area (Å²) in [5.74, 6) is -0.221. The zero-order valence-electron chi connectivity index (χ0n) is 9.99. The zero-order valence-corrected chi connectivity index (χ0v) is 11.5. The van der Waals surface area contributed by atoms with Crippen molar-refractivity contribution in [2.24, 2.45) is 0 Å². The maximum Gasteiger partial charge on any atom is 0.251 e. The molecule has 2 aromatic rings. The van der Waals surface area contributed by atoms with E-state index in [-0.39, 0.29) is 5.91 Å². The van der Waals surface area contributed by atoms with Crippen molar-refractivity contribution in [3.63, 3.8) is 0 Å². The lowest BCUT2D eigenvalue weighted by Gasteiger charge is -2.07. The van der Waals surface area contributed by atoms with Crippen LogP contribution in [0.5, 0.6) is 0 Å². The Morgan fingerprint density at radius 3 is 2.53 bits per heavy atom. The Morgan fingerprint density at radius 2 is 1.84 bits per heavy atom. The van der Waals surface area contributed by atoms with E-state index in [1.807, 2.05) is 18.2 Å². The van der Waals surface area contributed by atoms with Gasteiger partial charge in [0.2, 0.25) is 0 Å². The summed E-state index contributed by atoms with van der Waals surface area (Å²) in [6, 6.07) is 12.1. The molecule has 98 valence electrons. The second-order valence-corrected chi connectivity index (χ2v) is 4.82. The number of rotatable bonds is 3. The predicted molar refractivity (Wildman–Crippen MR) is 78.5 cm³/mol. The average Bonchev–Trinajstić information content (AvgIpc) is 2.40. The van der Waals surface area contributed by atoms with Gasteiger partial charge in [-0.25, -0.2) is 0 Å². The first-order chi connectivity index (χ1) is 9.08. The maximum absolute atomic E-state index is 11.9. The Balaban J connectivity index is 2.05. The monoisotopic (exact) mass is 294 g/mol. The van der Waals surface area contributed by atoms with Gasteiger partial charge in [-0.1, -0.05) is 41.4 Å². The highest BCUT2D eigenvalue weighted by Crippen LogP contribution is 2.20. The fraction of sp³-hybridized carbons (Fsp3) is 0.0714. The first kappa shape index (κ1) is 13.7. The molecule has 0 aromatic heterocycles. The SMILES string of the molecule is Nc1ccc(C(=O)NCc2ccccc2Cl)cc1Cl. The number of hydrogen-bond acceptors (Lipinski definition) is 2. The van der Waals surface area contributed by atoms with E-state index in [1.54, 1.807) is 24.3 Å². The summed E-state index contributed by atoms with van der Waals surface area (Å²) in [5.41, 5.74) is 7.37. The van der Waals surface area contributed by atoms with Crippen LogP contribution in [0.3, 0.4) is 0 Å². The van der Waals surface area contributed by atoms with E-state index in [4.69, 9.17) is 28.9 Å².